The van der Waals surface area contributed by atoms with Crippen LogP contribution in [-0.2, 0) is 12.4 Å². The van der Waals surface area contributed by atoms with E-state index in [-0.39, 0.29) is 0 Å². The number of rotatable bonds is 0. The minimum Gasteiger partial charge on any atom is -0.166 e. The first-order valence-corrected chi connectivity index (χ1v) is 7.47. The fourth-order valence-electron chi connectivity index (χ4n) is 2.76. The average Bonchev–Trinajstić information content (AvgIpc) is 2.41. The molecule has 3 rings (SSSR count). The molecule has 0 bridgehead atoms. The van der Waals surface area contributed by atoms with E-state index in [1.807, 2.05) is 0 Å². The highest BCUT2D eigenvalue weighted by Gasteiger charge is 2.40. The third-order valence-corrected chi connectivity index (χ3v) is 4.22. The monoisotopic (exact) mass is 440 g/mol. The maximum atomic E-state index is 13.5. The Hall–Kier alpha value is -1.51. The van der Waals surface area contributed by atoms with Crippen molar-refractivity contribution in [3.8, 4) is 0 Å². The highest BCUT2D eigenvalue weighted by atomic mass is 127. The van der Waals surface area contributed by atoms with E-state index >= 15 is 0 Å². The average molecular weight is 440 g/mol. The van der Waals surface area contributed by atoms with Crippen LogP contribution in [0.25, 0.3) is 21.5 Å². The molecule has 0 unspecified atom stereocenters. The molecule has 0 saturated heterocycles. The Bertz CT molecular complexity index is 908. The number of benzene rings is 3. The van der Waals surface area contributed by atoms with Gasteiger partial charge in [0.2, 0.25) is 0 Å². The quantitative estimate of drug-likeness (QED) is 0.209. The first-order chi connectivity index (χ1) is 10.6. The van der Waals surface area contributed by atoms with Crippen LogP contribution in [0.1, 0.15) is 11.1 Å². The Kier molecular flexibility index (Phi) is 3.74. The molecule has 0 atom stereocenters. The summed E-state index contributed by atoms with van der Waals surface area (Å²) in [6, 6.07) is 8.36. The smallest absolute Gasteiger partial charge is 0.166 e. The molecule has 0 amide bonds. The lowest BCUT2D eigenvalue weighted by molar-refractivity contribution is -0.137. The van der Waals surface area contributed by atoms with E-state index < -0.39 is 45.0 Å². The van der Waals surface area contributed by atoms with Gasteiger partial charge in [-0.3, -0.25) is 0 Å². The van der Waals surface area contributed by atoms with Gasteiger partial charge in [0.25, 0.3) is 0 Å². The van der Waals surface area contributed by atoms with E-state index in [1.165, 1.54) is 18.2 Å². The number of halogens is 7. The molecule has 0 nitrogen and oxygen atoms in total. The molecule has 0 fully saturated rings. The van der Waals surface area contributed by atoms with Crippen molar-refractivity contribution in [2.24, 2.45) is 0 Å². The Balaban J connectivity index is 2.68. The van der Waals surface area contributed by atoms with Crippen LogP contribution in [0.15, 0.2) is 42.5 Å². The van der Waals surface area contributed by atoms with Crippen molar-refractivity contribution in [2.75, 3.05) is 0 Å². The molecule has 23 heavy (non-hydrogen) atoms. The van der Waals surface area contributed by atoms with E-state index in [9.17, 15) is 26.3 Å². The summed E-state index contributed by atoms with van der Waals surface area (Å²) in [4.78, 5) is 0. The maximum Gasteiger partial charge on any atom is 0.417 e. The second kappa shape index (κ2) is 5.25. The van der Waals surface area contributed by atoms with Crippen molar-refractivity contribution >= 4 is 44.1 Å². The Morgan fingerprint density at radius 2 is 1.04 bits per heavy atom. The molecule has 7 heteroatoms. The maximum absolute atomic E-state index is 13.5. The number of hydrogen-bond donors (Lipinski definition) is 0. The second-order valence-electron chi connectivity index (χ2n) is 4.98. The summed E-state index contributed by atoms with van der Waals surface area (Å²) < 4.78 is 81.5. The molecule has 0 aromatic heterocycles. The van der Waals surface area contributed by atoms with Crippen LogP contribution in [0.4, 0.5) is 26.3 Å². The first kappa shape index (κ1) is 16.4. The van der Waals surface area contributed by atoms with Gasteiger partial charge in [-0.1, -0.05) is 30.3 Å². The summed E-state index contributed by atoms with van der Waals surface area (Å²) in [5.74, 6) is 0. The summed E-state index contributed by atoms with van der Waals surface area (Å²) in [7, 11) is 0. The van der Waals surface area contributed by atoms with Crippen molar-refractivity contribution in [3.05, 3.63) is 57.2 Å². The van der Waals surface area contributed by atoms with Gasteiger partial charge in [0.05, 0.1) is 11.1 Å². The Morgan fingerprint density at radius 3 is 1.52 bits per heavy atom. The minimum absolute atomic E-state index is 0.434. The van der Waals surface area contributed by atoms with Crippen LogP contribution in [0, 0.1) is 3.57 Å². The summed E-state index contributed by atoms with van der Waals surface area (Å²) in [5, 5.41) is -1.76. The lowest BCUT2D eigenvalue weighted by Crippen LogP contribution is -2.12. The van der Waals surface area contributed by atoms with Crippen LogP contribution >= 0.6 is 22.6 Å². The standard InChI is InChI=1S/C16H7F6I/c17-15(18,19)13-9-3-1-2-4-10(9)14(16(20,21)22)12-7-8(23)5-6-11(12)13/h1-7H. The first-order valence-electron chi connectivity index (χ1n) is 6.39. The fourth-order valence-corrected chi connectivity index (χ4v) is 3.25. The molecule has 0 aliphatic heterocycles. The minimum atomic E-state index is -4.76. The van der Waals surface area contributed by atoms with Crippen LogP contribution in [0.5, 0.6) is 0 Å². The van der Waals surface area contributed by atoms with Crippen LogP contribution in [0.3, 0.4) is 0 Å². The lowest BCUT2D eigenvalue weighted by Gasteiger charge is -2.20. The van der Waals surface area contributed by atoms with Gasteiger partial charge < -0.3 is 0 Å². The third kappa shape index (κ3) is 2.75. The Morgan fingerprint density at radius 1 is 0.609 bits per heavy atom. The van der Waals surface area contributed by atoms with Gasteiger partial charge in [-0.15, -0.1) is 0 Å². The third-order valence-electron chi connectivity index (χ3n) is 3.55. The highest BCUT2D eigenvalue weighted by Crippen LogP contribution is 2.47. The number of fused-ring (bicyclic) bond motifs is 2. The molecule has 120 valence electrons. The molecule has 0 spiro atoms. The van der Waals surface area contributed by atoms with Crippen LogP contribution in [-0.4, -0.2) is 0 Å². The highest BCUT2D eigenvalue weighted by molar-refractivity contribution is 14.1. The van der Waals surface area contributed by atoms with E-state index in [0.717, 1.165) is 24.3 Å². The molecule has 0 saturated carbocycles. The predicted molar refractivity (Wildman–Crippen MR) is 84.2 cm³/mol. The van der Waals surface area contributed by atoms with Gasteiger partial charge in [-0.05, 0) is 56.3 Å². The van der Waals surface area contributed by atoms with Gasteiger partial charge in [0, 0.05) is 3.57 Å². The van der Waals surface area contributed by atoms with Crippen molar-refractivity contribution < 1.29 is 26.3 Å². The summed E-state index contributed by atoms with van der Waals surface area (Å²) in [6.07, 6.45) is -9.51. The molecule has 0 N–H and O–H groups in total. The number of alkyl halides is 6. The summed E-state index contributed by atoms with van der Waals surface area (Å²) >= 11 is 1.78. The predicted octanol–water partition coefficient (Wildman–Crippen LogP) is 6.64. The molecule has 0 radical (unpaired) electrons. The van der Waals surface area contributed by atoms with Gasteiger partial charge in [-0.2, -0.15) is 26.3 Å². The molecule has 0 aliphatic rings. The van der Waals surface area contributed by atoms with E-state index in [4.69, 9.17) is 0 Å². The van der Waals surface area contributed by atoms with Gasteiger partial charge in [0.1, 0.15) is 0 Å². The largest absolute Gasteiger partial charge is 0.417 e. The normalized spacial score (nSPS) is 13.0. The van der Waals surface area contributed by atoms with Gasteiger partial charge >= 0.3 is 12.4 Å². The molecule has 3 aromatic rings. The molecule has 3 aromatic carbocycles. The number of hydrogen-bond acceptors (Lipinski definition) is 0. The molecular weight excluding hydrogens is 433 g/mol. The van der Waals surface area contributed by atoms with E-state index in [1.54, 1.807) is 22.6 Å². The van der Waals surface area contributed by atoms with Gasteiger partial charge in [-0.25, -0.2) is 0 Å². The van der Waals surface area contributed by atoms with Crippen molar-refractivity contribution in [1.82, 2.24) is 0 Å². The van der Waals surface area contributed by atoms with Crippen molar-refractivity contribution in [3.63, 3.8) is 0 Å². The van der Waals surface area contributed by atoms with Gasteiger partial charge in [0.15, 0.2) is 0 Å². The zero-order chi connectivity index (χ0) is 17.0. The molecule has 0 aliphatic carbocycles. The second-order valence-corrected chi connectivity index (χ2v) is 6.23. The Labute approximate surface area is 140 Å². The SMILES string of the molecule is FC(F)(F)c1c2ccccc2c(C(F)(F)F)c2cc(I)ccc12. The van der Waals surface area contributed by atoms with Crippen LogP contribution in [0.2, 0.25) is 0 Å². The lowest BCUT2D eigenvalue weighted by atomic mass is 9.91. The topological polar surface area (TPSA) is 0 Å². The van der Waals surface area contributed by atoms with Crippen molar-refractivity contribution in [2.45, 2.75) is 12.4 Å². The molecule has 0 heterocycles. The molecular formula is C16H7F6I. The fraction of sp³-hybridized carbons (Fsp3) is 0.125. The van der Waals surface area contributed by atoms with Crippen LogP contribution < -0.4 is 0 Å². The zero-order valence-corrected chi connectivity index (χ0v) is 13.3. The zero-order valence-electron chi connectivity index (χ0n) is 11.2. The van der Waals surface area contributed by atoms with E-state index in [0.29, 0.717) is 3.57 Å². The summed E-state index contributed by atoms with van der Waals surface area (Å²) in [6.45, 7) is 0. The summed E-state index contributed by atoms with van der Waals surface area (Å²) in [5.41, 5.74) is -2.07. The van der Waals surface area contributed by atoms with E-state index in [2.05, 4.69) is 0 Å². The van der Waals surface area contributed by atoms with Crippen molar-refractivity contribution in [1.29, 1.82) is 0 Å².